The molecule has 0 radical (unpaired) electrons. The SMILES string of the molecule is O=S(=O)(Cl)C1(CCOCC2CCCC2)CC1. The van der Waals surface area contributed by atoms with Crippen LogP contribution in [0.3, 0.4) is 0 Å². The first-order chi connectivity index (χ1) is 7.54. The summed E-state index contributed by atoms with van der Waals surface area (Å²) in [5, 5.41) is 0. The van der Waals surface area contributed by atoms with Gasteiger partial charge in [-0.05, 0) is 38.0 Å². The summed E-state index contributed by atoms with van der Waals surface area (Å²) >= 11 is 0. The van der Waals surface area contributed by atoms with Crippen LogP contribution in [-0.4, -0.2) is 26.4 Å². The second kappa shape index (κ2) is 4.83. The van der Waals surface area contributed by atoms with Crippen LogP contribution in [0.2, 0.25) is 0 Å². The molecule has 16 heavy (non-hydrogen) atoms. The van der Waals surface area contributed by atoms with Gasteiger partial charge in [0.1, 0.15) is 0 Å². The summed E-state index contributed by atoms with van der Waals surface area (Å²) in [6.07, 6.45) is 7.11. The fraction of sp³-hybridized carbons (Fsp3) is 1.00. The predicted molar refractivity (Wildman–Crippen MR) is 64.1 cm³/mol. The third kappa shape index (κ3) is 2.90. The summed E-state index contributed by atoms with van der Waals surface area (Å²) in [7, 11) is 2.01. The highest BCUT2D eigenvalue weighted by Crippen LogP contribution is 2.48. The molecule has 0 aromatic heterocycles. The van der Waals surface area contributed by atoms with Gasteiger partial charge in [0.2, 0.25) is 9.05 Å². The standard InChI is InChI=1S/C11H19ClO3S/c12-16(13,14)11(5-6-11)7-8-15-9-10-3-1-2-4-10/h10H,1-9H2. The van der Waals surface area contributed by atoms with E-state index in [-0.39, 0.29) is 0 Å². The number of halogens is 1. The Morgan fingerprint density at radius 3 is 2.38 bits per heavy atom. The smallest absolute Gasteiger partial charge is 0.238 e. The first kappa shape index (κ1) is 12.7. The molecule has 0 aromatic carbocycles. The van der Waals surface area contributed by atoms with Crippen LogP contribution in [0.4, 0.5) is 0 Å². The lowest BCUT2D eigenvalue weighted by Crippen LogP contribution is -2.21. The molecule has 0 aromatic rings. The Labute approximate surface area is 102 Å². The van der Waals surface area contributed by atoms with Crippen molar-refractivity contribution in [3.8, 4) is 0 Å². The molecule has 0 spiro atoms. The van der Waals surface area contributed by atoms with Gasteiger partial charge in [-0.2, -0.15) is 0 Å². The number of hydrogen-bond acceptors (Lipinski definition) is 3. The summed E-state index contributed by atoms with van der Waals surface area (Å²) in [4.78, 5) is 0. The fourth-order valence-corrected chi connectivity index (χ4v) is 4.05. The van der Waals surface area contributed by atoms with Crippen LogP contribution in [0, 0.1) is 5.92 Å². The van der Waals surface area contributed by atoms with Gasteiger partial charge in [0.05, 0.1) is 4.75 Å². The Balaban J connectivity index is 1.65. The Morgan fingerprint density at radius 1 is 1.25 bits per heavy atom. The topological polar surface area (TPSA) is 43.4 Å². The molecule has 0 unspecified atom stereocenters. The van der Waals surface area contributed by atoms with Gasteiger partial charge in [0.25, 0.3) is 0 Å². The molecule has 94 valence electrons. The van der Waals surface area contributed by atoms with E-state index in [0.717, 1.165) is 6.61 Å². The Kier molecular flexibility index (Phi) is 3.82. The second-order valence-electron chi connectivity index (χ2n) is 5.10. The van der Waals surface area contributed by atoms with E-state index in [2.05, 4.69) is 0 Å². The highest BCUT2D eigenvalue weighted by atomic mass is 35.7. The zero-order valence-corrected chi connectivity index (χ0v) is 11.0. The van der Waals surface area contributed by atoms with Crippen LogP contribution in [0.25, 0.3) is 0 Å². The Bertz CT molecular complexity index is 329. The van der Waals surface area contributed by atoms with Crippen LogP contribution >= 0.6 is 10.7 Å². The second-order valence-corrected chi connectivity index (χ2v) is 8.06. The van der Waals surface area contributed by atoms with Crippen molar-refractivity contribution in [1.82, 2.24) is 0 Å². The van der Waals surface area contributed by atoms with Crippen molar-refractivity contribution < 1.29 is 13.2 Å². The summed E-state index contributed by atoms with van der Waals surface area (Å²) < 4.78 is 27.5. The maximum atomic E-state index is 11.3. The molecule has 0 heterocycles. The molecule has 0 N–H and O–H groups in total. The van der Waals surface area contributed by atoms with E-state index in [1.807, 2.05) is 0 Å². The molecule has 0 amide bonds. The van der Waals surface area contributed by atoms with Crippen molar-refractivity contribution in [3.05, 3.63) is 0 Å². The van der Waals surface area contributed by atoms with Gasteiger partial charge in [-0.25, -0.2) is 8.42 Å². The molecule has 0 bridgehead atoms. The lowest BCUT2D eigenvalue weighted by atomic mass is 10.1. The predicted octanol–water partition coefficient (Wildman–Crippen LogP) is 2.68. The summed E-state index contributed by atoms with van der Waals surface area (Å²) in [6, 6.07) is 0. The quantitative estimate of drug-likeness (QED) is 0.548. The molecule has 0 saturated heterocycles. The van der Waals surface area contributed by atoms with Gasteiger partial charge < -0.3 is 4.74 Å². The third-order valence-electron chi connectivity index (χ3n) is 3.86. The van der Waals surface area contributed by atoms with Gasteiger partial charge in [-0.15, -0.1) is 0 Å². The van der Waals surface area contributed by atoms with Crippen molar-refractivity contribution in [1.29, 1.82) is 0 Å². The molecule has 2 saturated carbocycles. The molecular formula is C11H19ClO3S. The van der Waals surface area contributed by atoms with E-state index < -0.39 is 13.8 Å². The van der Waals surface area contributed by atoms with Gasteiger partial charge >= 0.3 is 0 Å². The van der Waals surface area contributed by atoms with Crippen molar-refractivity contribution >= 4 is 19.7 Å². The summed E-state index contributed by atoms with van der Waals surface area (Å²) in [5.41, 5.74) is 0. The van der Waals surface area contributed by atoms with E-state index in [0.29, 0.717) is 31.8 Å². The van der Waals surface area contributed by atoms with E-state index >= 15 is 0 Å². The van der Waals surface area contributed by atoms with Crippen molar-refractivity contribution in [3.63, 3.8) is 0 Å². The van der Waals surface area contributed by atoms with Crippen LogP contribution in [-0.2, 0) is 13.8 Å². The Hall–Kier alpha value is 0.200. The molecular weight excluding hydrogens is 248 g/mol. The maximum Gasteiger partial charge on any atom is 0.238 e. The lowest BCUT2D eigenvalue weighted by molar-refractivity contribution is 0.0978. The van der Waals surface area contributed by atoms with Crippen LogP contribution in [0.15, 0.2) is 0 Å². The van der Waals surface area contributed by atoms with Gasteiger partial charge in [0, 0.05) is 23.9 Å². The molecule has 2 rings (SSSR count). The highest BCUT2D eigenvalue weighted by molar-refractivity contribution is 8.15. The normalized spacial score (nSPS) is 24.8. The van der Waals surface area contributed by atoms with E-state index in [1.165, 1.54) is 25.7 Å². The zero-order chi connectivity index (χ0) is 11.6. The van der Waals surface area contributed by atoms with Crippen LogP contribution in [0.5, 0.6) is 0 Å². The van der Waals surface area contributed by atoms with E-state index in [9.17, 15) is 8.42 Å². The monoisotopic (exact) mass is 266 g/mol. The highest BCUT2D eigenvalue weighted by Gasteiger charge is 2.53. The molecule has 2 aliphatic rings. The van der Waals surface area contributed by atoms with Gasteiger partial charge in [-0.3, -0.25) is 0 Å². The number of hydrogen-bond donors (Lipinski definition) is 0. The largest absolute Gasteiger partial charge is 0.381 e. The minimum absolute atomic E-state index is 0.530. The number of rotatable bonds is 6. The molecule has 5 heteroatoms. The average Bonchev–Trinajstić information content (AvgIpc) is 2.83. The van der Waals surface area contributed by atoms with Crippen molar-refractivity contribution in [2.75, 3.05) is 13.2 Å². The van der Waals surface area contributed by atoms with Crippen molar-refractivity contribution in [2.24, 2.45) is 5.92 Å². The Morgan fingerprint density at radius 2 is 1.88 bits per heavy atom. The van der Waals surface area contributed by atoms with E-state index in [1.54, 1.807) is 0 Å². The minimum Gasteiger partial charge on any atom is -0.381 e. The molecule has 2 aliphatic carbocycles. The summed E-state index contributed by atoms with van der Waals surface area (Å²) in [6.45, 7) is 1.32. The van der Waals surface area contributed by atoms with Crippen molar-refractivity contribution in [2.45, 2.75) is 49.7 Å². The van der Waals surface area contributed by atoms with E-state index in [4.69, 9.17) is 15.4 Å². The number of ether oxygens (including phenoxy) is 1. The fourth-order valence-electron chi connectivity index (χ4n) is 2.44. The zero-order valence-electron chi connectivity index (χ0n) is 9.45. The van der Waals surface area contributed by atoms with Gasteiger partial charge in [0.15, 0.2) is 0 Å². The summed E-state index contributed by atoms with van der Waals surface area (Å²) in [5.74, 6) is 0.697. The lowest BCUT2D eigenvalue weighted by Gasteiger charge is -2.13. The minimum atomic E-state index is -3.40. The first-order valence-electron chi connectivity index (χ1n) is 6.05. The van der Waals surface area contributed by atoms with Crippen LogP contribution in [0.1, 0.15) is 44.9 Å². The third-order valence-corrected chi connectivity index (χ3v) is 6.48. The molecule has 0 atom stereocenters. The van der Waals surface area contributed by atoms with Crippen LogP contribution < -0.4 is 0 Å². The molecule has 3 nitrogen and oxygen atoms in total. The molecule has 0 aliphatic heterocycles. The maximum absolute atomic E-state index is 11.3. The van der Waals surface area contributed by atoms with Gasteiger partial charge in [-0.1, -0.05) is 12.8 Å². The molecule has 2 fully saturated rings. The first-order valence-corrected chi connectivity index (χ1v) is 8.36. The average molecular weight is 267 g/mol.